The zero-order valence-corrected chi connectivity index (χ0v) is 21.4. The summed E-state index contributed by atoms with van der Waals surface area (Å²) in [6.45, 7) is 5.63. The van der Waals surface area contributed by atoms with Crippen molar-refractivity contribution in [1.82, 2.24) is 20.9 Å². The van der Waals surface area contributed by atoms with Gasteiger partial charge in [-0.25, -0.2) is 0 Å². The van der Waals surface area contributed by atoms with E-state index in [1.807, 2.05) is 17.5 Å². The monoisotopic (exact) mass is 555 g/mol. The molecule has 8 heteroatoms. The van der Waals surface area contributed by atoms with Gasteiger partial charge in [0, 0.05) is 33.2 Å². The van der Waals surface area contributed by atoms with E-state index in [2.05, 4.69) is 50.1 Å². The van der Waals surface area contributed by atoms with Crippen LogP contribution < -0.4 is 16.0 Å². The fourth-order valence-corrected chi connectivity index (χ4v) is 4.18. The molecule has 2 aromatic rings. The number of nitrogens with one attached hydrogen (secondary N) is 3. The van der Waals surface area contributed by atoms with Crippen molar-refractivity contribution in [3.8, 4) is 0 Å². The fourth-order valence-electron chi connectivity index (χ4n) is 3.54. The van der Waals surface area contributed by atoms with E-state index in [1.165, 1.54) is 54.8 Å². The van der Waals surface area contributed by atoms with Crippen LogP contribution in [0.4, 0.5) is 0 Å². The average molecular weight is 556 g/mol. The normalized spacial score (nSPS) is 14.5. The predicted molar refractivity (Wildman–Crippen MR) is 140 cm³/mol. The summed E-state index contributed by atoms with van der Waals surface area (Å²) in [4.78, 5) is 19.5. The van der Waals surface area contributed by atoms with Crippen molar-refractivity contribution in [2.45, 2.75) is 38.8 Å². The van der Waals surface area contributed by atoms with Gasteiger partial charge in [-0.05, 0) is 54.9 Å². The molecular weight excluding hydrogens is 521 g/mol. The van der Waals surface area contributed by atoms with E-state index < -0.39 is 0 Å². The van der Waals surface area contributed by atoms with Crippen LogP contribution >= 0.6 is 35.3 Å². The van der Waals surface area contributed by atoms with Crippen LogP contribution in [0.15, 0.2) is 46.8 Å². The highest BCUT2D eigenvalue weighted by Gasteiger charge is 2.10. The highest BCUT2D eigenvalue weighted by Crippen LogP contribution is 2.13. The molecule has 31 heavy (non-hydrogen) atoms. The number of nitrogens with zero attached hydrogens (tertiary/aromatic N) is 2. The number of hydrogen-bond acceptors (Lipinski definition) is 4. The molecule has 0 radical (unpaired) electrons. The Morgan fingerprint density at radius 3 is 2.39 bits per heavy atom. The van der Waals surface area contributed by atoms with Crippen LogP contribution in [-0.4, -0.2) is 50.0 Å². The highest BCUT2D eigenvalue weighted by atomic mass is 127. The summed E-state index contributed by atoms with van der Waals surface area (Å²) in [5.74, 6) is 0.771. The molecule has 1 fully saturated rings. The largest absolute Gasteiger partial charge is 0.356 e. The number of halogens is 1. The van der Waals surface area contributed by atoms with Gasteiger partial charge in [0.05, 0.1) is 4.88 Å². The second-order valence-corrected chi connectivity index (χ2v) is 8.54. The van der Waals surface area contributed by atoms with E-state index in [0.717, 1.165) is 36.9 Å². The molecule has 6 nitrogen and oxygen atoms in total. The molecule has 1 aliphatic rings. The van der Waals surface area contributed by atoms with Gasteiger partial charge < -0.3 is 16.0 Å². The van der Waals surface area contributed by atoms with E-state index in [9.17, 15) is 4.79 Å². The molecule has 1 amide bonds. The Kier molecular flexibility index (Phi) is 11.9. The summed E-state index contributed by atoms with van der Waals surface area (Å²) in [5, 5.41) is 11.5. The zero-order valence-electron chi connectivity index (χ0n) is 18.2. The van der Waals surface area contributed by atoms with Crippen molar-refractivity contribution in [3.05, 3.63) is 57.8 Å². The molecule has 1 aliphatic heterocycles. The van der Waals surface area contributed by atoms with Crippen molar-refractivity contribution < 1.29 is 4.79 Å². The van der Waals surface area contributed by atoms with Crippen LogP contribution in [0.1, 0.15) is 46.5 Å². The maximum Gasteiger partial charge on any atom is 0.261 e. The first kappa shape index (κ1) is 25.6. The first-order valence-electron chi connectivity index (χ1n) is 10.8. The zero-order chi connectivity index (χ0) is 21.0. The number of piperidine rings is 1. The Morgan fingerprint density at radius 2 is 1.71 bits per heavy atom. The Balaban J connectivity index is 0.00000341. The van der Waals surface area contributed by atoms with Gasteiger partial charge in [-0.1, -0.05) is 36.8 Å². The molecule has 170 valence electrons. The molecule has 3 rings (SSSR count). The first-order chi connectivity index (χ1) is 14.7. The molecule has 3 N–H and O–H groups in total. The van der Waals surface area contributed by atoms with E-state index in [1.54, 1.807) is 7.05 Å². The van der Waals surface area contributed by atoms with Crippen LogP contribution in [0.3, 0.4) is 0 Å². The second kappa shape index (κ2) is 14.4. The molecular formula is C23H34IN5OS. The smallest absolute Gasteiger partial charge is 0.261 e. The molecule has 0 saturated carbocycles. The van der Waals surface area contributed by atoms with Gasteiger partial charge in [-0.3, -0.25) is 14.7 Å². The van der Waals surface area contributed by atoms with E-state index >= 15 is 0 Å². The van der Waals surface area contributed by atoms with Gasteiger partial charge in [-0.2, -0.15) is 0 Å². The van der Waals surface area contributed by atoms with E-state index in [-0.39, 0.29) is 29.9 Å². The van der Waals surface area contributed by atoms with Crippen molar-refractivity contribution in [3.63, 3.8) is 0 Å². The topological polar surface area (TPSA) is 68.8 Å². The van der Waals surface area contributed by atoms with Gasteiger partial charge in [0.15, 0.2) is 5.96 Å². The molecule has 0 spiro atoms. The second-order valence-electron chi connectivity index (χ2n) is 7.59. The van der Waals surface area contributed by atoms with E-state index in [4.69, 9.17) is 0 Å². The number of guanidine groups is 1. The molecule has 0 unspecified atom stereocenters. The van der Waals surface area contributed by atoms with E-state index in [0.29, 0.717) is 6.54 Å². The summed E-state index contributed by atoms with van der Waals surface area (Å²) in [5.41, 5.74) is 2.62. The van der Waals surface area contributed by atoms with Crippen molar-refractivity contribution in [2.24, 2.45) is 4.99 Å². The van der Waals surface area contributed by atoms with Gasteiger partial charge in [0.25, 0.3) is 5.91 Å². The third kappa shape index (κ3) is 9.16. The van der Waals surface area contributed by atoms with Crippen LogP contribution in [0.5, 0.6) is 0 Å². The maximum atomic E-state index is 11.9. The SMILES string of the molecule is CN=C(NCCCNC(=O)c1cccs1)NCc1ccc(CN2CCCCC2)cc1.I. The minimum atomic E-state index is -0.00348. The number of thiophene rings is 1. The Bertz CT molecular complexity index is 789. The quantitative estimate of drug-likeness (QED) is 0.191. The highest BCUT2D eigenvalue weighted by molar-refractivity contribution is 14.0. The number of rotatable bonds is 9. The summed E-state index contributed by atoms with van der Waals surface area (Å²) in [6.07, 6.45) is 4.87. The summed E-state index contributed by atoms with van der Waals surface area (Å²) in [6, 6.07) is 12.6. The molecule has 0 aliphatic carbocycles. The Morgan fingerprint density at radius 1 is 1.00 bits per heavy atom. The lowest BCUT2D eigenvalue weighted by Crippen LogP contribution is -2.38. The van der Waals surface area contributed by atoms with Crippen molar-refractivity contribution >= 4 is 47.2 Å². The Labute approximate surface area is 206 Å². The van der Waals surface area contributed by atoms with Crippen LogP contribution in [0.25, 0.3) is 0 Å². The van der Waals surface area contributed by atoms with Gasteiger partial charge in [0.2, 0.25) is 0 Å². The third-order valence-electron chi connectivity index (χ3n) is 5.24. The molecule has 0 atom stereocenters. The predicted octanol–water partition coefficient (Wildman–Crippen LogP) is 3.84. The molecule has 1 saturated heterocycles. The van der Waals surface area contributed by atoms with Crippen molar-refractivity contribution in [1.29, 1.82) is 0 Å². The number of hydrogen-bond donors (Lipinski definition) is 3. The lowest BCUT2D eigenvalue weighted by atomic mass is 10.1. The lowest BCUT2D eigenvalue weighted by Gasteiger charge is -2.26. The number of amides is 1. The fraction of sp³-hybridized carbons (Fsp3) is 0.478. The molecule has 1 aromatic heterocycles. The van der Waals surface area contributed by atoms with Crippen LogP contribution in [0.2, 0.25) is 0 Å². The van der Waals surface area contributed by atoms with Gasteiger partial charge >= 0.3 is 0 Å². The third-order valence-corrected chi connectivity index (χ3v) is 6.11. The number of aliphatic imine (C=N–C) groups is 1. The lowest BCUT2D eigenvalue weighted by molar-refractivity contribution is 0.0957. The van der Waals surface area contributed by atoms with Gasteiger partial charge in [-0.15, -0.1) is 35.3 Å². The van der Waals surface area contributed by atoms with Gasteiger partial charge in [0.1, 0.15) is 0 Å². The van der Waals surface area contributed by atoms with Crippen LogP contribution in [-0.2, 0) is 13.1 Å². The summed E-state index contributed by atoms with van der Waals surface area (Å²) in [7, 11) is 1.77. The maximum absolute atomic E-state index is 11.9. The summed E-state index contributed by atoms with van der Waals surface area (Å²) < 4.78 is 0. The number of likely N-dealkylation sites (tertiary alicyclic amines) is 1. The minimum absolute atomic E-state index is 0. The molecule has 1 aromatic carbocycles. The minimum Gasteiger partial charge on any atom is -0.356 e. The van der Waals surface area contributed by atoms with Crippen molar-refractivity contribution in [2.75, 3.05) is 33.2 Å². The molecule has 0 bridgehead atoms. The molecule has 2 heterocycles. The average Bonchev–Trinajstić information content (AvgIpc) is 3.32. The number of benzene rings is 1. The standard InChI is InChI=1S/C23H33N5OS.HI/c1-24-23(26-13-6-12-25-22(29)21-7-5-16-30-21)27-17-19-8-10-20(11-9-19)18-28-14-3-2-4-15-28;/h5,7-11,16H,2-4,6,12-15,17-18H2,1H3,(H,25,29)(H2,24,26,27);1H. The number of carbonyl (C=O) groups excluding carboxylic acids is 1. The Hall–Kier alpha value is -1.65. The van der Waals surface area contributed by atoms with Crippen LogP contribution in [0, 0.1) is 0 Å². The number of carbonyl (C=O) groups is 1. The summed E-state index contributed by atoms with van der Waals surface area (Å²) >= 11 is 1.46. The first-order valence-corrected chi connectivity index (χ1v) is 11.7.